The first-order valence-corrected chi connectivity index (χ1v) is 5.84. The summed E-state index contributed by atoms with van der Waals surface area (Å²) in [6.07, 6.45) is 0. The molecule has 0 aliphatic heterocycles. The van der Waals surface area contributed by atoms with Crippen molar-refractivity contribution in [2.24, 2.45) is 5.73 Å². The number of hydrogen-bond donors (Lipinski definition) is 1. The Bertz CT molecular complexity index is 611. The summed E-state index contributed by atoms with van der Waals surface area (Å²) < 4.78 is 19.1. The molecule has 0 radical (unpaired) electrons. The number of carbonyl (C=O) groups excluding carboxylic acids is 1. The zero-order chi connectivity index (χ0) is 13.8. The highest BCUT2D eigenvalue weighted by Gasteiger charge is 2.07. The van der Waals surface area contributed by atoms with Crippen LogP contribution < -0.4 is 10.5 Å². The van der Waals surface area contributed by atoms with Crippen LogP contribution in [0.25, 0.3) is 0 Å². The lowest BCUT2D eigenvalue weighted by Gasteiger charge is -2.09. The molecule has 19 heavy (non-hydrogen) atoms. The van der Waals surface area contributed by atoms with Crippen LogP contribution in [-0.4, -0.2) is 5.91 Å². The molecule has 2 N–H and O–H groups in total. The molecule has 0 aromatic heterocycles. The number of halogens is 1. The van der Waals surface area contributed by atoms with Crippen molar-refractivity contribution >= 4 is 5.91 Å². The topological polar surface area (TPSA) is 52.3 Å². The van der Waals surface area contributed by atoms with Crippen molar-refractivity contribution in [1.29, 1.82) is 0 Å². The summed E-state index contributed by atoms with van der Waals surface area (Å²) in [5.74, 6) is -0.665. The van der Waals surface area contributed by atoms with Crippen molar-refractivity contribution in [3.05, 3.63) is 65.0 Å². The lowest BCUT2D eigenvalue weighted by atomic mass is 10.1. The van der Waals surface area contributed by atoms with Gasteiger partial charge in [0.2, 0.25) is 5.91 Å². The second-order valence-electron chi connectivity index (χ2n) is 4.24. The van der Waals surface area contributed by atoms with Gasteiger partial charge in [0.1, 0.15) is 6.61 Å². The Labute approximate surface area is 110 Å². The van der Waals surface area contributed by atoms with E-state index in [1.54, 1.807) is 49.4 Å². The number of nitrogens with two attached hydrogens (primary N) is 1. The Balaban J connectivity index is 2.12. The number of rotatable bonds is 4. The summed E-state index contributed by atoms with van der Waals surface area (Å²) in [5, 5.41) is 0. The van der Waals surface area contributed by atoms with Gasteiger partial charge < -0.3 is 10.5 Å². The number of aryl methyl sites for hydroxylation is 1. The lowest BCUT2D eigenvalue weighted by molar-refractivity contribution is 0.1000. The summed E-state index contributed by atoms with van der Waals surface area (Å²) in [6, 6.07) is 11.7. The number of primary amides is 1. The normalized spacial score (nSPS) is 10.2. The van der Waals surface area contributed by atoms with Crippen LogP contribution in [0.4, 0.5) is 4.39 Å². The van der Waals surface area contributed by atoms with Gasteiger partial charge in [-0.05, 0) is 36.2 Å². The molecule has 0 unspecified atom stereocenters. The van der Waals surface area contributed by atoms with E-state index in [2.05, 4.69) is 0 Å². The third kappa shape index (κ3) is 3.10. The summed E-state index contributed by atoms with van der Waals surface area (Å²) in [5.41, 5.74) is 6.89. The molecular weight excluding hydrogens is 245 g/mol. The molecule has 1 amide bonds. The van der Waals surface area contributed by atoms with Gasteiger partial charge in [-0.15, -0.1) is 0 Å². The lowest BCUT2D eigenvalue weighted by Crippen LogP contribution is -2.11. The van der Waals surface area contributed by atoms with Gasteiger partial charge in [-0.2, -0.15) is 0 Å². The minimum absolute atomic E-state index is 0.182. The Hall–Kier alpha value is -2.36. The van der Waals surface area contributed by atoms with Crippen LogP contribution in [-0.2, 0) is 6.61 Å². The van der Waals surface area contributed by atoms with Crippen LogP contribution >= 0.6 is 0 Å². The zero-order valence-corrected chi connectivity index (χ0v) is 10.5. The zero-order valence-electron chi connectivity index (χ0n) is 10.5. The number of amides is 1. The SMILES string of the molecule is Cc1cccc(OCc2cccc(C(N)=O)c2)c1F. The molecule has 4 heteroatoms. The van der Waals surface area contributed by atoms with Gasteiger partial charge in [-0.3, -0.25) is 4.79 Å². The van der Waals surface area contributed by atoms with Crippen LogP contribution in [0, 0.1) is 12.7 Å². The maximum Gasteiger partial charge on any atom is 0.248 e. The van der Waals surface area contributed by atoms with Gasteiger partial charge >= 0.3 is 0 Å². The summed E-state index contributed by atoms with van der Waals surface area (Å²) in [7, 11) is 0. The van der Waals surface area contributed by atoms with E-state index in [1.165, 1.54) is 0 Å². The van der Waals surface area contributed by atoms with Crippen molar-refractivity contribution in [3.63, 3.8) is 0 Å². The van der Waals surface area contributed by atoms with Gasteiger partial charge in [0, 0.05) is 5.56 Å². The number of carbonyl (C=O) groups is 1. The maximum atomic E-state index is 13.7. The average Bonchev–Trinajstić information content (AvgIpc) is 2.41. The van der Waals surface area contributed by atoms with E-state index >= 15 is 0 Å². The molecule has 2 aromatic rings. The average molecular weight is 259 g/mol. The molecule has 0 aliphatic rings. The first-order chi connectivity index (χ1) is 9.08. The predicted molar refractivity (Wildman–Crippen MR) is 70.4 cm³/mol. The molecule has 0 atom stereocenters. The van der Waals surface area contributed by atoms with Gasteiger partial charge in [-0.25, -0.2) is 4.39 Å². The fourth-order valence-corrected chi connectivity index (χ4v) is 1.71. The van der Waals surface area contributed by atoms with E-state index < -0.39 is 5.91 Å². The van der Waals surface area contributed by atoms with Crippen LogP contribution in [0.15, 0.2) is 42.5 Å². The number of hydrogen-bond acceptors (Lipinski definition) is 2. The minimum Gasteiger partial charge on any atom is -0.486 e. The Kier molecular flexibility index (Phi) is 3.80. The van der Waals surface area contributed by atoms with Crippen LogP contribution in [0.5, 0.6) is 5.75 Å². The standard InChI is InChI=1S/C15H14FNO2/c1-10-4-2-7-13(14(10)16)19-9-11-5-3-6-12(8-11)15(17)18/h2-8H,9H2,1H3,(H2,17,18). The Morgan fingerprint density at radius 3 is 2.74 bits per heavy atom. The van der Waals surface area contributed by atoms with Gasteiger partial charge in [0.15, 0.2) is 11.6 Å². The summed E-state index contributed by atoms with van der Waals surface area (Å²) in [6.45, 7) is 1.86. The monoisotopic (exact) mass is 259 g/mol. The van der Waals surface area contributed by atoms with Crippen molar-refractivity contribution in [3.8, 4) is 5.75 Å². The largest absolute Gasteiger partial charge is 0.486 e. The summed E-state index contributed by atoms with van der Waals surface area (Å²) >= 11 is 0. The first-order valence-electron chi connectivity index (χ1n) is 5.84. The van der Waals surface area contributed by atoms with Crippen LogP contribution in [0.2, 0.25) is 0 Å². The molecule has 0 bridgehead atoms. The second-order valence-corrected chi connectivity index (χ2v) is 4.24. The fourth-order valence-electron chi connectivity index (χ4n) is 1.71. The number of benzene rings is 2. The number of ether oxygens (including phenoxy) is 1. The molecule has 0 saturated carbocycles. The van der Waals surface area contributed by atoms with E-state index in [-0.39, 0.29) is 18.2 Å². The van der Waals surface area contributed by atoms with Crippen molar-refractivity contribution in [2.75, 3.05) is 0 Å². The van der Waals surface area contributed by atoms with E-state index in [0.29, 0.717) is 11.1 Å². The minimum atomic E-state index is -0.497. The maximum absolute atomic E-state index is 13.7. The third-order valence-electron chi connectivity index (χ3n) is 2.76. The van der Waals surface area contributed by atoms with Gasteiger partial charge in [0.25, 0.3) is 0 Å². The first kappa shape index (κ1) is 13.1. The van der Waals surface area contributed by atoms with E-state index in [1.807, 2.05) is 0 Å². The fraction of sp³-hybridized carbons (Fsp3) is 0.133. The van der Waals surface area contributed by atoms with E-state index in [4.69, 9.17) is 10.5 Å². The Morgan fingerprint density at radius 1 is 1.26 bits per heavy atom. The molecule has 0 heterocycles. The van der Waals surface area contributed by atoms with Crippen LogP contribution in [0.1, 0.15) is 21.5 Å². The van der Waals surface area contributed by atoms with Gasteiger partial charge in [0.05, 0.1) is 0 Å². The molecule has 0 aliphatic carbocycles. The molecule has 2 rings (SSSR count). The highest BCUT2D eigenvalue weighted by molar-refractivity contribution is 5.92. The second kappa shape index (κ2) is 5.52. The molecular formula is C15H14FNO2. The van der Waals surface area contributed by atoms with E-state index in [9.17, 15) is 9.18 Å². The van der Waals surface area contributed by atoms with Crippen LogP contribution in [0.3, 0.4) is 0 Å². The van der Waals surface area contributed by atoms with Crippen molar-refractivity contribution in [1.82, 2.24) is 0 Å². The molecule has 2 aromatic carbocycles. The predicted octanol–water partition coefficient (Wildman–Crippen LogP) is 2.81. The van der Waals surface area contributed by atoms with Crippen molar-refractivity contribution < 1.29 is 13.9 Å². The van der Waals surface area contributed by atoms with Crippen molar-refractivity contribution in [2.45, 2.75) is 13.5 Å². The molecule has 0 fully saturated rings. The summed E-state index contributed by atoms with van der Waals surface area (Å²) in [4.78, 5) is 11.0. The highest BCUT2D eigenvalue weighted by atomic mass is 19.1. The molecule has 98 valence electrons. The third-order valence-corrected chi connectivity index (χ3v) is 2.76. The van der Waals surface area contributed by atoms with E-state index in [0.717, 1.165) is 5.56 Å². The smallest absolute Gasteiger partial charge is 0.248 e. The molecule has 3 nitrogen and oxygen atoms in total. The molecule has 0 spiro atoms. The Morgan fingerprint density at radius 2 is 2.00 bits per heavy atom. The quantitative estimate of drug-likeness (QED) is 0.917. The highest BCUT2D eigenvalue weighted by Crippen LogP contribution is 2.20. The van der Waals surface area contributed by atoms with Gasteiger partial charge in [-0.1, -0.05) is 24.3 Å². The molecule has 0 saturated heterocycles.